The standard InChI is InChI=1S/C18H27N3/c1-13(2)19-11-10-17-8-6-7-9-18(17)12-21-16(5)14(3)15(4)20-21/h6-9,13,19H,10-12H2,1-5H3. The summed E-state index contributed by atoms with van der Waals surface area (Å²) in [6.07, 6.45) is 1.06. The molecule has 21 heavy (non-hydrogen) atoms. The van der Waals surface area contributed by atoms with Crippen LogP contribution in [-0.4, -0.2) is 22.4 Å². The summed E-state index contributed by atoms with van der Waals surface area (Å²) in [6, 6.07) is 9.23. The van der Waals surface area contributed by atoms with Gasteiger partial charge in [0.25, 0.3) is 0 Å². The van der Waals surface area contributed by atoms with Crippen molar-refractivity contribution in [3.63, 3.8) is 0 Å². The quantitative estimate of drug-likeness (QED) is 0.881. The number of rotatable bonds is 6. The molecule has 0 unspecified atom stereocenters. The fourth-order valence-corrected chi connectivity index (χ4v) is 2.55. The summed E-state index contributed by atoms with van der Waals surface area (Å²) in [5.74, 6) is 0. The maximum absolute atomic E-state index is 4.66. The van der Waals surface area contributed by atoms with E-state index < -0.39 is 0 Å². The minimum atomic E-state index is 0.538. The molecule has 0 saturated carbocycles. The Balaban J connectivity index is 2.14. The SMILES string of the molecule is Cc1nn(Cc2ccccc2CCNC(C)C)c(C)c1C. The molecule has 2 rings (SSSR count). The van der Waals surface area contributed by atoms with Crippen LogP contribution in [0.25, 0.3) is 0 Å². The van der Waals surface area contributed by atoms with Gasteiger partial charge in [-0.25, -0.2) is 0 Å². The smallest absolute Gasteiger partial charge is 0.0665 e. The lowest BCUT2D eigenvalue weighted by molar-refractivity contribution is 0.586. The lowest BCUT2D eigenvalue weighted by Crippen LogP contribution is -2.25. The van der Waals surface area contributed by atoms with Crippen molar-refractivity contribution in [1.29, 1.82) is 0 Å². The summed E-state index contributed by atoms with van der Waals surface area (Å²) < 4.78 is 2.12. The Morgan fingerprint density at radius 1 is 1.10 bits per heavy atom. The number of aryl methyl sites for hydroxylation is 1. The van der Waals surface area contributed by atoms with Gasteiger partial charge in [0, 0.05) is 11.7 Å². The van der Waals surface area contributed by atoms with Crippen molar-refractivity contribution in [1.82, 2.24) is 15.1 Å². The van der Waals surface area contributed by atoms with Crippen molar-refractivity contribution in [3.05, 3.63) is 52.3 Å². The topological polar surface area (TPSA) is 29.9 Å². The molecule has 0 fully saturated rings. The Labute approximate surface area is 128 Å². The highest BCUT2D eigenvalue weighted by molar-refractivity contribution is 5.29. The van der Waals surface area contributed by atoms with E-state index in [1.807, 2.05) is 0 Å². The molecule has 1 heterocycles. The van der Waals surface area contributed by atoms with Gasteiger partial charge in [-0.15, -0.1) is 0 Å². The molecule has 3 heteroatoms. The third kappa shape index (κ3) is 3.94. The molecule has 0 aliphatic heterocycles. The Hall–Kier alpha value is -1.61. The molecule has 0 atom stereocenters. The Bertz CT molecular complexity index is 597. The van der Waals surface area contributed by atoms with E-state index in [1.54, 1.807) is 0 Å². The van der Waals surface area contributed by atoms with Crippen LogP contribution in [0, 0.1) is 20.8 Å². The molecule has 1 aromatic carbocycles. The Morgan fingerprint density at radius 3 is 2.33 bits per heavy atom. The first-order chi connectivity index (χ1) is 9.99. The molecule has 0 aliphatic rings. The van der Waals surface area contributed by atoms with Crippen LogP contribution in [0.4, 0.5) is 0 Å². The van der Waals surface area contributed by atoms with Gasteiger partial charge in [0.2, 0.25) is 0 Å². The van der Waals surface area contributed by atoms with Crippen LogP contribution in [-0.2, 0) is 13.0 Å². The van der Waals surface area contributed by atoms with E-state index in [1.165, 1.54) is 22.4 Å². The van der Waals surface area contributed by atoms with Crippen molar-refractivity contribution in [3.8, 4) is 0 Å². The molecule has 1 N–H and O–H groups in total. The van der Waals surface area contributed by atoms with Crippen LogP contribution < -0.4 is 5.32 Å². The van der Waals surface area contributed by atoms with Crippen molar-refractivity contribution >= 4 is 0 Å². The molecular weight excluding hydrogens is 258 g/mol. The molecule has 0 aliphatic carbocycles. The van der Waals surface area contributed by atoms with E-state index in [4.69, 9.17) is 0 Å². The molecule has 0 radical (unpaired) electrons. The lowest BCUT2D eigenvalue weighted by Gasteiger charge is -2.13. The molecular formula is C18H27N3. The van der Waals surface area contributed by atoms with Crippen LogP contribution in [0.5, 0.6) is 0 Å². The highest BCUT2D eigenvalue weighted by Gasteiger charge is 2.09. The van der Waals surface area contributed by atoms with E-state index in [0.29, 0.717) is 6.04 Å². The summed E-state index contributed by atoms with van der Waals surface area (Å²) in [5.41, 5.74) is 6.48. The number of benzene rings is 1. The number of hydrogen-bond donors (Lipinski definition) is 1. The third-order valence-corrected chi connectivity index (χ3v) is 4.13. The predicted octanol–water partition coefficient (Wildman–Crippen LogP) is 3.40. The van der Waals surface area contributed by atoms with Crippen LogP contribution >= 0.6 is 0 Å². The van der Waals surface area contributed by atoms with E-state index in [0.717, 1.165) is 25.2 Å². The summed E-state index contributed by atoms with van der Waals surface area (Å²) in [5, 5.41) is 8.14. The zero-order valence-corrected chi connectivity index (χ0v) is 13.9. The molecule has 0 saturated heterocycles. The summed E-state index contributed by atoms with van der Waals surface area (Å²) in [6.45, 7) is 12.6. The second kappa shape index (κ2) is 6.90. The first-order valence-electron chi connectivity index (χ1n) is 7.79. The fraction of sp³-hybridized carbons (Fsp3) is 0.500. The van der Waals surface area contributed by atoms with Crippen LogP contribution in [0.1, 0.15) is 41.9 Å². The van der Waals surface area contributed by atoms with Gasteiger partial charge in [-0.2, -0.15) is 5.10 Å². The van der Waals surface area contributed by atoms with Gasteiger partial charge in [0.05, 0.1) is 12.2 Å². The number of hydrogen-bond acceptors (Lipinski definition) is 2. The molecule has 3 nitrogen and oxygen atoms in total. The van der Waals surface area contributed by atoms with Crippen molar-refractivity contribution < 1.29 is 0 Å². The lowest BCUT2D eigenvalue weighted by atomic mass is 10.0. The molecule has 0 spiro atoms. The number of nitrogens with zero attached hydrogens (tertiary/aromatic N) is 2. The first kappa shape index (κ1) is 15.8. The highest BCUT2D eigenvalue weighted by Crippen LogP contribution is 2.16. The maximum atomic E-state index is 4.66. The minimum Gasteiger partial charge on any atom is -0.314 e. The van der Waals surface area contributed by atoms with Gasteiger partial charge < -0.3 is 5.32 Å². The van der Waals surface area contributed by atoms with Gasteiger partial charge in [-0.05, 0) is 50.4 Å². The molecule has 0 amide bonds. The molecule has 0 bridgehead atoms. The zero-order valence-electron chi connectivity index (χ0n) is 13.9. The highest BCUT2D eigenvalue weighted by atomic mass is 15.3. The molecule has 1 aromatic heterocycles. The summed E-state index contributed by atoms with van der Waals surface area (Å²) in [4.78, 5) is 0. The second-order valence-electron chi connectivity index (χ2n) is 6.08. The second-order valence-corrected chi connectivity index (χ2v) is 6.08. The molecule has 114 valence electrons. The predicted molar refractivity (Wildman–Crippen MR) is 88.8 cm³/mol. The van der Waals surface area contributed by atoms with Gasteiger partial charge in [-0.1, -0.05) is 38.1 Å². The summed E-state index contributed by atoms with van der Waals surface area (Å²) in [7, 11) is 0. The zero-order chi connectivity index (χ0) is 15.4. The van der Waals surface area contributed by atoms with Crippen LogP contribution in [0.15, 0.2) is 24.3 Å². The van der Waals surface area contributed by atoms with E-state index >= 15 is 0 Å². The Kier molecular flexibility index (Phi) is 5.18. The van der Waals surface area contributed by atoms with E-state index in [9.17, 15) is 0 Å². The number of aromatic nitrogens is 2. The van der Waals surface area contributed by atoms with Gasteiger partial charge in [-0.3, -0.25) is 4.68 Å². The van der Waals surface area contributed by atoms with Crippen LogP contribution in [0.2, 0.25) is 0 Å². The van der Waals surface area contributed by atoms with E-state index in [-0.39, 0.29) is 0 Å². The normalized spacial score (nSPS) is 11.3. The van der Waals surface area contributed by atoms with Crippen LogP contribution in [0.3, 0.4) is 0 Å². The average molecular weight is 285 g/mol. The first-order valence-corrected chi connectivity index (χ1v) is 7.79. The van der Waals surface area contributed by atoms with Gasteiger partial charge >= 0.3 is 0 Å². The van der Waals surface area contributed by atoms with Crippen molar-refractivity contribution in [2.24, 2.45) is 0 Å². The average Bonchev–Trinajstić information content (AvgIpc) is 2.68. The monoisotopic (exact) mass is 285 g/mol. The fourth-order valence-electron chi connectivity index (χ4n) is 2.55. The minimum absolute atomic E-state index is 0.538. The van der Waals surface area contributed by atoms with Gasteiger partial charge in [0.15, 0.2) is 0 Å². The molecule has 2 aromatic rings. The van der Waals surface area contributed by atoms with Gasteiger partial charge in [0.1, 0.15) is 0 Å². The van der Waals surface area contributed by atoms with Crippen molar-refractivity contribution in [2.45, 2.75) is 53.6 Å². The largest absolute Gasteiger partial charge is 0.314 e. The Morgan fingerprint density at radius 2 is 1.76 bits per heavy atom. The third-order valence-electron chi connectivity index (χ3n) is 4.13. The van der Waals surface area contributed by atoms with E-state index in [2.05, 4.69) is 74.0 Å². The van der Waals surface area contributed by atoms with Crippen molar-refractivity contribution in [2.75, 3.05) is 6.54 Å². The maximum Gasteiger partial charge on any atom is 0.0665 e. The number of nitrogens with one attached hydrogen (secondary N) is 1. The summed E-state index contributed by atoms with van der Waals surface area (Å²) >= 11 is 0.